The van der Waals surface area contributed by atoms with E-state index >= 15 is 0 Å². The molecular formula is C20H34IN5O2. The molecule has 158 valence electrons. The summed E-state index contributed by atoms with van der Waals surface area (Å²) < 4.78 is 5.42. The average molecular weight is 503 g/mol. The van der Waals surface area contributed by atoms with Gasteiger partial charge in [-0.25, -0.2) is 4.99 Å². The van der Waals surface area contributed by atoms with Crippen molar-refractivity contribution in [2.45, 2.75) is 33.4 Å². The van der Waals surface area contributed by atoms with Crippen LogP contribution < -0.4 is 16.0 Å². The van der Waals surface area contributed by atoms with Gasteiger partial charge in [0.15, 0.2) is 5.96 Å². The zero-order chi connectivity index (χ0) is 19.5. The molecule has 0 radical (unpaired) electrons. The van der Waals surface area contributed by atoms with Crippen LogP contribution >= 0.6 is 24.0 Å². The second kappa shape index (κ2) is 13.7. The molecule has 0 aliphatic carbocycles. The first-order valence-corrected chi connectivity index (χ1v) is 9.85. The predicted molar refractivity (Wildman–Crippen MR) is 125 cm³/mol. The molecule has 0 spiro atoms. The summed E-state index contributed by atoms with van der Waals surface area (Å²) in [5.41, 5.74) is 1.68. The van der Waals surface area contributed by atoms with Gasteiger partial charge in [0, 0.05) is 44.3 Å². The highest BCUT2D eigenvalue weighted by atomic mass is 127. The smallest absolute Gasteiger partial charge is 0.251 e. The lowest BCUT2D eigenvalue weighted by molar-refractivity contribution is 0.0211. The van der Waals surface area contributed by atoms with Crippen LogP contribution in [0.5, 0.6) is 0 Å². The molecule has 1 aliphatic rings. The molecule has 0 saturated carbocycles. The number of guanidine groups is 1. The van der Waals surface area contributed by atoms with Gasteiger partial charge in [-0.2, -0.15) is 0 Å². The molecule has 3 N–H and O–H groups in total. The molecule has 1 unspecified atom stereocenters. The first-order chi connectivity index (χ1) is 13.1. The first kappa shape index (κ1) is 24.6. The van der Waals surface area contributed by atoms with Gasteiger partial charge in [-0.3, -0.25) is 9.69 Å². The van der Waals surface area contributed by atoms with Crippen LogP contribution in [0.25, 0.3) is 0 Å². The predicted octanol–water partition coefficient (Wildman–Crippen LogP) is 1.83. The lowest BCUT2D eigenvalue weighted by Crippen LogP contribution is -2.49. The number of halogens is 1. The van der Waals surface area contributed by atoms with Crippen LogP contribution in [-0.4, -0.2) is 68.7 Å². The van der Waals surface area contributed by atoms with Gasteiger partial charge in [0.05, 0.1) is 19.8 Å². The van der Waals surface area contributed by atoms with Gasteiger partial charge in [0.2, 0.25) is 0 Å². The van der Waals surface area contributed by atoms with Crippen LogP contribution in [0.1, 0.15) is 36.7 Å². The summed E-state index contributed by atoms with van der Waals surface area (Å²) in [4.78, 5) is 19.1. The molecule has 1 saturated heterocycles. The van der Waals surface area contributed by atoms with Gasteiger partial charge in [-0.05, 0) is 38.5 Å². The summed E-state index contributed by atoms with van der Waals surface area (Å²) in [6.45, 7) is 12.5. The van der Waals surface area contributed by atoms with E-state index in [4.69, 9.17) is 4.74 Å². The molecule has 1 heterocycles. The highest BCUT2D eigenvalue weighted by Gasteiger charge is 2.17. The van der Waals surface area contributed by atoms with Crippen molar-refractivity contribution in [1.82, 2.24) is 20.9 Å². The third kappa shape index (κ3) is 8.32. The summed E-state index contributed by atoms with van der Waals surface area (Å²) in [6, 6.07) is 8.03. The Hall–Kier alpha value is -1.39. The minimum atomic E-state index is -0.0484. The van der Waals surface area contributed by atoms with Crippen molar-refractivity contribution in [3.05, 3.63) is 35.4 Å². The van der Waals surface area contributed by atoms with E-state index in [1.54, 1.807) is 0 Å². The van der Waals surface area contributed by atoms with Gasteiger partial charge in [-0.1, -0.05) is 12.1 Å². The van der Waals surface area contributed by atoms with Crippen LogP contribution in [-0.2, 0) is 11.3 Å². The maximum absolute atomic E-state index is 12.0. The molecule has 1 atom stereocenters. The lowest BCUT2D eigenvalue weighted by atomic mass is 10.1. The Morgan fingerprint density at radius 3 is 2.57 bits per heavy atom. The molecular weight excluding hydrogens is 469 g/mol. The molecule has 0 aromatic heterocycles. The monoisotopic (exact) mass is 503 g/mol. The van der Waals surface area contributed by atoms with Crippen LogP contribution in [0.2, 0.25) is 0 Å². The number of carbonyl (C=O) groups excluding carboxylic acids is 1. The zero-order valence-corrected chi connectivity index (χ0v) is 19.5. The summed E-state index contributed by atoms with van der Waals surface area (Å²) >= 11 is 0. The largest absolute Gasteiger partial charge is 0.379 e. The fraction of sp³-hybridized carbons (Fsp3) is 0.600. The van der Waals surface area contributed by atoms with E-state index in [-0.39, 0.29) is 29.9 Å². The molecule has 1 aromatic rings. The number of amides is 1. The van der Waals surface area contributed by atoms with Crippen molar-refractivity contribution < 1.29 is 9.53 Å². The SMILES string of the molecule is CCNC(=O)c1cccc(CN=C(NCC)NCC(C)N2CCOCC2)c1.I. The summed E-state index contributed by atoms with van der Waals surface area (Å²) in [7, 11) is 0. The highest BCUT2D eigenvalue weighted by molar-refractivity contribution is 14.0. The Bertz CT molecular complexity index is 620. The molecule has 1 fully saturated rings. The van der Waals surface area contributed by atoms with Gasteiger partial charge in [0.1, 0.15) is 0 Å². The maximum Gasteiger partial charge on any atom is 0.251 e. The van der Waals surface area contributed by atoms with Gasteiger partial charge in [0.25, 0.3) is 5.91 Å². The number of rotatable bonds is 8. The maximum atomic E-state index is 12.0. The Morgan fingerprint density at radius 2 is 1.89 bits per heavy atom. The Balaban J connectivity index is 0.00000392. The zero-order valence-electron chi connectivity index (χ0n) is 17.2. The van der Waals surface area contributed by atoms with E-state index < -0.39 is 0 Å². The third-order valence-electron chi connectivity index (χ3n) is 4.52. The minimum absolute atomic E-state index is 0. The standard InChI is InChI=1S/C20H33N5O2.HI/c1-4-21-19(26)18-8-6-7-17(13-18)15-24-20(22-5-2)23-14-16(3)25-9-11-27-12-10-25;/h6-8,13,16H,4-5,9-12,14-15H2,1-3H3,(H,21,26)(H2,22,23,24);1H. The first-order valence-electron chi connectivity index (χ1n) is 9.85. The molecule has 1 aliphatic heterocycles. The van der Waals surface area contributed by atoms with Gasteiger partial charge >= 0.3 is 0 Å². The van der Waals surface area contributed by atoms with Gasteiger partial charge < -0.3 is 20.7 Å². The van der Waals surface area contributed by atoms with Crippen molar-refractivity contribution >= 4 is 35.8 Å². The Morgan fingerprint density at radius 1 is 1.18 bits per heavy atom. The van der Waals surface area contributed by atoms with E-state index in [1.165, 1.54) is 0 Å². The second-order valence-corrected chi connectivity index (χ2v) is 6.63. The summed E-state index contributed by atoms with van der Waals surface area (Å²) in [5.74, 6) is 0.744. The lowest BCUT2D eigenvalue weighted by Gasteiger charge is -2.32. The van der Waals surface area contributed by atoms with Crippen molar-refractivity contribution in [3.63, 3.8) is 0 Å². The topological polar surface area (TPSA) is 78.0 Å². The normalized spacial score (nSPS) is 16.0. The number of hydrogen-bond acceptors (Lipinski definition) is 4. The van der Waals surface area contributed by atoms with Gasteiger partial charge in [-0.15, -0.1) is 24.0 Å². The van der Waals surface area contributed by atoms with E-state index in [0.29, 0.717) is 24.7 Å². The molecule has 1 aromatic carbocycles. The van der Waals surface area contributed by atoms with E-state index in [0.717, 1.165) is 50.9 Å². The van der Waals surface area contributed by atoms with E-state index in [1.807, 2.05) is 31.2 Å². The van der Waals surface area contributed by atoms with Crippen molar-refractivity contribution in [2.75, 3.05) is 45.9 Å². The fourth-order valence-electron chi connectivity index (χ4n) is 2.98. The molecule has 8 heteroatoms. The fourth-order valence-corrected chi connectivity index (χ4v) is 2.98. The number of hydrogen-bond donors (Lipinski definition) is 3. The number of nitrogens with zero attached hydrogens (tertiary/aromatic N) is 2. The summed E-state index contributed by atoms with van der Waals surface area (Å²) in [5, 5.41) is 9.53. The van der Waals surface area contributed by atoms with Crippen LogP contribution in [0, 0.1) is 0 Å². The van der Waals surface area contributed by atoms with Crippen molar-refractivity contribution in [1.29, 1.82) is 0 Å². The number of carbonyl (C=O) groups is 1. The molecule has 28 heavy (non-hydrogen) atoms. The quantitative estimate of drug-likeness (QED) is 0.287. The van der Waals surface area contributed by atoms with Crippen molar-refractivity contribution in [3.8, 4) is 0 Å². The molecule has 7 nitrogen and oxygen atoms in total. The molecule has 1 amide bonds. The third-order valence-corrected chi connectivity index (χ3v) is 4.52. The summed E-state index contributed by atoms with van der Waals surface area (Å²) in [6.07, 6.45) is 0. The number of nitrogens with one attached hydrogen (secondary N) is 3. The highest BCUT2D eigenvalue weighted by Crippen LogP contribution is 2.07. The Kier molecular flexibility index (Phi) is 12.1. The van der Waals surface area contributed by atoms with Crippen LogP contribution in [0.3, 0.4) is 0 Å². The number of morpholine rings is 1. The second-order valence-electron chi connectivity index (χ2n) is 6.63. The van der Waals surface area contributed by atoms with E-state index in [9.17, 15) is 4.79 Å². The van der Waals surface area contributed by atoms with Crippen molar-refractivity contribution in [2.24, 2.45) is 4.99 Å². The number of aliphatic imine (C=N–C) groups is 1. The Labute approximate surface area is 185 Å². The molecule has 2 rings (SSSR count). The van der Waals surface area contributed by atoms with Crippen LogP contribution in [0.15, 0.2) is 29.3 Å². The number of ether oxygens (including phenoxy) is 1. The van der Waals surface area contributed by atoms with Crippen LogP contribution in [0.4, 0.5) is 0 Å². The minimum Gasteiger partial charge on any atom is -0.379 e. The average Bonchev–Trinajstić information content (AvgIpc) is 2.71. The molecule has 0 bridgehead atoms. The van der Waals surface area contributed by atoms with E-state index in [2.05, 4.69) is 39.7 Å². The number of benzene rings is 1.